The second-order valence-corrected chi connectivity index (χ2v) is 18.2. The van der Waals surface area contributed by atoms with E-state index in [1.54, 1.807) is 33.9 Å². The van der Waals surface area contributed by atoms with E-state index in [1.807, 2.05) is 55.5 Å². The Balaban J connectivity index is 1.23. The lowest BCUT2D eigenvalue weighted by molar-refractivity contribution is -0.385. The largest absolute Gasteiger partial charge is 0.432 e. The van der Waals surface area contributed by atoms with Crippen molar-refractivity contribution in [2.24, 2.45) is 5.92 Å². The Labute approximate surface area is 285 Å². The Morgan fingerprint density at radius 2 is 1.80 bits per heavy atom. The molecule has 0 saturated carbocycles. The molecule has 0 bridgehead atoms. The molecule has 2 saturated heterocycles. The number of carbonyl (C=O) groups excluding carboxylic acids is 3. The standard InChI is InChI=1S/C36H40N4O8Si/c1-22-34(49(2,3)47)31(18-33(43)38-20-25-7-5-4-6-24(25)16-28(38)21-41)48-36(22)29-17-27(40(45)46)12-13-30(29)39(35(36)44)19-23-8-10-26(11-9-23)37-15-14-32(37)42/h4-13,17,22,28,31,34,41,47H,14-16,18-21H2,1-3H3/t22-,28+,31+,34-,36+/m1/s1. The van der Waals surface area contributed by atoms with Crippen molar-refractivity contribution < 1.29 is 33.9 Å². The normalized spacial score (nSPS) is 26.2. The third-order valence-corrected chi connectivity index (χ3v) is 13.4. The summed E-state index contributed by atoms with van der Waals surface area (Å²) in [6.45, 7) is 6.27. The number of fused-ring (bicyclic) bond motifs is 3. The lowest BCUT2D eigenvalue weighted by Crippen LogP contribution is -2.48. The number of nitro groups is 1. The monoisotopic (exact) mass is 684 g/mol. The molecule has 0 aromatic heterocycles. The summed E-state index contributed by atoms with van der Waals surface area (Å²) in [5.41, 5.74) is 2.04. The fourth-order valence-corrected chi connectivity index (χ4v) is 11.0. The average molecular weight is 685 g/mol. The lowest BCUT2D eigenvalue weighted by Gasteiger charge is -2.37. The number of hydrogen-bond donors (Lipinski definition) is 2. The Hall–Kier alpha value is -4.43. The number of anilines is 2. The smallest absolute Gasteiger partial charge is 0.269 e. The van der Waals surface area contributed by atoms with E-state index in [0.717, 1.165) is 22.4 Å². The number of carbonyl (C=O) groups is 3. The number of ether oxygens (including phenoxy) is 1. The summed E-state index contributed by atoms with van der Waals surface area (Å²) >= 11 is 0. The van der Waals surface area contributed by atoms with Gasteiger partial charge in [-0.25, -0.2) is 0 Å². The van der Waals surface area contributed by atoms with Crippen LogP contribution in [0, 0.1) is 16.0 Å². The third kappa shape index (κ3) is 5.45. The van der Waals surface area contributed by atoms with E-state index in [0.29, 0.717) is 37.2 Å². The molecule has 12 nitrogen and oxygen atoms in total. The number of benzene rings is 3. The van der Waals surface area contributed by atoms with Gasteiger partial charge >= 0.3 is 0 Å². The minimum Gasteiger partial charge on any atom is -0.432 e. The number of aliphatic hydroxyl groups excluding tert-OH is 1. The van der Waals surface area contributed by atoms with Crippen LogP contribution in [-0.4, -0.2) is 71.1 Å². The predicted octanol–water partition coefficient (Wildman–Crippen LogP) is 4.01. The summed E-state index contributed by atoms with van der Waals surface area (Å²) in [5, 5.41) is 22.2. The number of nitro benzene ring substituents is 1. The SMILES string of the molecule is C[C@@H]1[C@@H]([Si](C)(C)O)[C@H](CC(=O)N2Cc3ccccc3C[C@H]2CO)O[C@@]12C(=O)N(Cc1ccc(N3CCC3=O)cc1)c1ccc([N+](=O)[O-])cc12. The maximum atomic E-state index is 14.8. The van der Waals surface area contributed by atoms with Gasteiger partial charge in [0.05, 0.1) is 42.3 Å². The van der Waals surface area contributed by atoms with Crippen LogP contribution >= 0.6 is 0 Å². The van der Waals surface area contributed by atoms with Gasteiger partial charge in [0, 0.05) is 54.4 Å². The molecule has 2 fully saturated rings. The Bertz CT molecular complexity index is 1850. The molecular weight excluding hydrogens is 645 g/mol. The molecule has 13 heteroatoms. The number of hydrogen-bond acceptors (Lipinski definition) is 8. The molecule has 0 unspecified atom stereocenters. The van der Waals surface area contributed by atoms with E-state index in [2.05, 4.69) is 0 Å². The van der Waals surface area contributed by atoms with E-state index in [4.69, 9.17) is 4.74 Å². The van der Waals surface area contributed by atoms with Crippen molar-refractivity contribution >= 4 is 43.1 Å². The fraction of sp³-hybridized carbons (Fsp3) is 0.417. The first-order valence-corrected chi connectivity index (χ1v) is 19.7. The van der Waals surface area contributed by atoms with Crippen molar-refractivity contribution in [3.63, 3.8) is 0 Å². The minimum absolute atomic E-state index is 0.0576. The second-order valence-electron chi connectivity index (χ2n) is 14.2. The molecular formula is C36H40N4O8Si. The Kier molecular flexibility index (Phi) is 8.21. The first kappa shape index (κ1) is 33.1. The van der Waals surface area contributed by atoms with Crippen LogP contribution in [0.1, 0.15) is 42.0 Å². The third-order valence-electron chi connectivity index (χ3n) is 10.9. The van der Waals surface area contributed by atoms with Crippen molar-refractivity contribution in [2.45, 2.75) is 75.7 Å². The zero-order chi connectivity index (χ0) is 34.8. The number of amides is 3. The summed E-state index contributed by atoms with van der Waals surface area (Å²) in [6, 6.07) is 19.1. The number of non-ortho nitro benzene ring substituents is 1. The Morgan fingerprint density at radius 3 is 2.41 bits per heavy atom. The minimum atomic E-state index is -3.13. The molecule has 4 aliphatic rings. The molecule has 0 aliphatic carbocycles. The topological polar surface area (TPSA) is 154 Å². The van der Waals surface area contributed by atoms with E-state index < -0.39 is 48.4 Å². The molecule has 5 atom stereocenters. The highest BCUT2D eigenvalue weighted by Crippen LogP contribution is 2.60. The van der Waals surface area contributed by atoms with Crippen LogP contribution in [0.3, 0.4) is 0 Å². The summed E-state index contributed by atoms with van der Waals surface area (Å²) in [6.07, 6.45) is 0.0477. The van der Waals surface area contributed by atoms with Gasteiger partial charge in [0.1, 0.15) is 0 Å². The number of β-lactam (4-membered cyclic amide) rings is 1. The molecule has 1 spiro atoms. The van der Waals surface area contributed by atoms with Gasteiger partial charge < -0.3 is 29.3 Å². The molecule has 49 heavy (non-hydrogen) atoms. The average Bonchev–Trinajstić information content (AvgIpc) is 3.49. The molecule has 256 valence electrons. The highest BCUT2D eigenvalue weighted by molar-refractivity contribution is 6.71. The number of nitrogens with zero attached hydrogens (tertiary/aromatic N) is 4. The molecule has 4 aliphatic heterocycles. The maximum Gasteiger partial charge on any atom is 0.269 e. The van der Waals surface area contributed by atoms with Crippen molar-refractivity contribution in [3.05, 3.63) is 99.1 Å². The van der Waals surface area contributed by atoms with Crippen molar-refractivity contribution in [1.29, 1.82) is 0 Å². The van der Waals surface area contributed by atoms with Gasteiger partial charge in [-0.1, -0.05) is 43.3 Å². The van der Waals surface area contributed by atoms with Gasteiger partial charge in [0.2, 0.25) is 11.8 Å². The van der Waals surface area contributed by atoms with Crippen LogP contribution in [-0.2, 0) is 44.2 Å². The van der Waals surface area contributed by atoms with Crippen LogP contribution in [0.25, 0.3) is 0 Å². The van der Waals surface area contributed by atoms with Gasteiger partial charge in [0.25, 0.3) is 11.6 Å². The highest BCUT2D eigenvalue weighted by atomic mass is 28.4. The molecule has 0 radical (unpaired) electrons. The van der Waals surface area contributed by atoms with Crippen LogP contribution in [0.4, 0.5) is 17.1 Å². The summed E-state index contributed by atoms with van der Waals surface area (Å²) in [7, 11) is -3.13. The Morgan fingerprint density at radius 1 is 1.08 bits per heavy atom. The van der Waals surface area contributed by atoms with Crippen LogP contribution in [0.5, 0.6) is 0 Å². The second kappa shape index (κ2) is 12.2. The highest BCUT2D eigenvalue weighted by Gasteiger charge is 2.66. The summed E-state index contributed by atoms with van der Waals surface area (Å²) in [4.78, 5) is 68.8. The van der Waals surface area contributed by atoms with E-state index in [9.17, 15) is 34.4 Å². The van der Waals surface area contributed by atoms with Crippen molar-refractivity contribution in [2.75, 3.05) is 23.0 Å². The van der Waals surface area contributed by atoms with Gasteiger partial charge in [0.15, 0.2) is 13.9 Å². The molecule has 2 N–H and O–H groups in total. The quantitative estimate of drug-likeness (QED) is 0.156. The molecule has 3 aromatic carbocycles. The lowest BCUT2D eigenvalue weighted by atomic mass is 9.82. The zero-order valence-corrected chi connectivity index (χ0v) is 28.7. The van der Waals surface area contributed by atoms with E-state index >= 15 is 0 Å². The van der Waals surface area contributed by atoms with E-state index in [-0.39, 0.29) is 37.1 Å². The number of aliphatic hydroxyl groups is 1. The van der Waals surface area contributed by atoms with Gasteiger partial charge in [-0.2, -0.15) is 0 Å². The van der Waals surface area contributed by atoms with Crippen LogP contribution < -0.4 is 9.80 Å². The predicted molar refractivity (Wildman–Crippen MR) is 183 cm³/mol. The van der Waals surface area contributed by atoms with Crippen molar-refractivity contribution in [3.8, 4) is 0 Å². The zero-order valence-electron chi connectivity index (χ0n) is 27.7. The number of rotatable bonds is 8. The van der Waals surface area contributed by atoms with Crippen LogP contribution in [0.15, 0.2) is 66.7 Å². The first-order valence-electron chi connectivity index (χ1n) is 16.7. The van der Waals surface area contributed by atoms with Gasteiger partial charge in [-0.05, 0) is 54.4 Å². The van der Waals surface area contributed by atoms with Gasteiger partial charge in [-0.3, -0.25) is 24.5 Å². The first-order chi connectivity index (χ1) is 23.3. The van der Waals surface area contributed by atoms with Crippen LogP contribution in [0.2, 0.25) is 18.6 Å². The maximum absolute atomic E-state index is 14.8. The van der Waals surface area contributed by atoms with E-state index in [1.165, 1.54) is 12.1 Å². The molecule has 3 amide bonds. The molecule has 3 aromatic rings. The summed E-state index contributed by atoms with van der Waals surface area (Å²) in [5.74, 6) is -1.22. The molecule has 4 heterocycles. The van der Waals surface area contributed by atoms with Gasteiger partial charge in [-0.15, -0.1) is 0 Å². The fourth-order valence-electron chi connectivity index (χ4n) is 8.42. The summed E-state index contributed by atoms with van der Waals surface area (Å²) < 4.78 is 6.79. The molecule has 7 rings (SSSR count). The van der Waals surface area contributed by atoms with Crippen molar-refractivity contribution in [1.82, 2.24) is 4.90 Å².